The highest BCUT2D eigenvalue weighted by Gasteiger charge is 2.12. The predicted octanol–water partition coefficient (Wildman–Crippen LogP) is 3.49. The summed E-state index contributed by atoms with van der Waals surface area (Å²) in [5.41, 5.74) is 2.02. The summed E-state index contributed by atoms with van der Waals surface area (Å²) in [6.07, 6.45) is 0.486. The third-order valence-corrected chi connectivity index (χ3v) is 5.14. The van der Waals surface area contributed by atoms with Gasteiger partial charge in [-0.25, -0.2) is 4.79 Å². The summed E-state index contributed by atoms with van der Waals surface area (Å²) in [5, 5.41) is 11.9. The average Bonchev–Trinajstić information content (AvgIpc) is 2.79. The fraction of sp³-hybridized carbons (Fsp3) is 0.200. The number of carbonyl (C=O) groups excluding carboxylic acids is 1. The molecule has 0 bridgehead atoms. The second-order valence-corrected chi connectivity index (χ2v) is 6.91. The van der Waals surface area contributed by atoms with E-state index in [0.29, 0.717) is 23.4 Å². The van der Waals surface area contributed by atoms with Crippen LogP contribution in [0.3, 0.4) is 0 Å². The first kappa shape index (κ1) is 15.7. The molecule has 0 aliphatic carbocycles. The molecule has 0 unspecified atom stereocenters. The summed E-state index contributed by atoms with van der Waals surface area (Å²) in [6, 6.07) is 8.65. The number of carbonyl (C=O) groups is 2. The molecule has 1 aromatic heterocycles. The number of carboxylic acids is 1. The van der Waals surface area contributed by atoms with Crippen LogP contribution >= 0.6 is 27.3 Å². The van der Waals surface area contributed by atoms with Crippen molar-refractivity contribution in [1.82, 2.24) is 5.32 Å². The van der Waals surface area contributed by atoms with E-state index in [4.69, 9.17) is 5.11 Å². The lowest BCUT2D eigenvalue weighted by molar-refractivity contribution is 0.0695. The van der Waals surface area contributed by atoms with E-state index < -0.39 is 5.97 Å². The fourth-order valence-electron chi connectivity index (χ4n) is 1.92. The van der Waals surface area contributed by atoms with Crippen molar-refractivity contribution >= 4 is 39.1 Å². The van der Waals surface area contributed by atoms with Crippen LogP contribution < -0.4 is 5.32 Å². The van der Waals surface area contributed by atoms with Crippen molar-refractivity contribution in [2.75, 3.05) is 6.54 Å². The first-order valence-electron chi connectivity index (χ1n) is 6.34. The number of halogens is 1. The van der Waals surface area contributed by atoms with Crippen LogP contribution in [0.5, 0.6) is 0 Å². The summed E-state index contributed by atoms with van der Waals surface area (Å²) < 4.78 is 0.948. The first-order chi connectivity index (χ1) is 9.99. The molecule has 0 aliphatic heterocycles. The van der Waals surface area contributed by atoms with Gasteiger partial charge in [-0.2, -0.15) is 0 Å². The number of nitrogens with one attached hydrogen (secondary N) is 1. The Labute approximate surface area is 134 Å². The summed E-state index contributed by atoms with van der Waals surface area (Å²) in [7, 11) is 0. The number of aromatic carboxylic acids is 1. The molecule has 6 heteroatoms. The molecule has 2 N–H and O–H groups in total. The lowest BCUT2D eigenvalue weighted by Gasteiger charge is -2.06. The van der Waals surface area contributed by atoms with Crippen molar-refractivity contribution in [3.8, 4) is 0 Å². The smallest absolute Gasteiger partial charge is 0.335 e. The van der Waals surface area contributed by atoms with E-state index in [1.165, 1.54) is 11.3 Å². The van der Waals surface area contributed by atoms with Gasteiger partial charge < -0.3 is 10.4 Å². The molecule has 21 heavy (non-hydrogen) atoms. The van der Waals surface area contributed by atoms with Crippen LogP contribution in [0.25, 0.3) is 0 Å². The van der Waals surface area contributed by atoms with Gasteiger partial charge in [0.15, 0.2) is 0 Å². The van der Waals surface area contributed by atoms with Crippen molar-refractivity contribution in [3.05, 3.63) is 55.7 Å². The Bertz CT molecular complexity index is 662. The molecular formula is C15H14BrNO3S. The van der Waals surface area contributed by atoms with Gasteiger partial charge in [-0.05, 0) is 52.5 Å². The monoisotopic (exact) mass is 367 g/mol. The molecule has 110 valence electrons. The van der Waals surface area contributed by atoms with Gasteiger partial charge in [-0.1, -0.05) is 18.2 Å². The Hall–Kier alpha value is -1.66. The Morgan fingerprint density at radius 3 is 2.67 bits per heavy atom. The van der Waals surface area contributed by atoms with Gasteiger partial charge in [0.25, 0.3) is 5.91 Å². The van der Waals surface area contributed by atoms with Crippen molar-refractivity contribution in [1.29, 1.82) is 0 Å². The number of rotatable bonds is 5. The minimum absolute atomic E-state index is 0.137. The Morgan fingerprint density at radius 2 is 2.05 bits per heavy atom. The van der Waals surface area contributed by atoms with E-state index in [1.54, 1.807) is 24.3 Å². The number of aryl methyl sites for hydroxylation is 1. The van der Waals surface area contributed by atoms with Crippen molar-refractivity contribution in [2.24, 2.45) is 0 Å². The molecule has 0 aliphatic rings. The Kier molecular flexibility index (Phi) is 5.14. The molecule has 1 heterocycles. The molecule has 4 nitrogen and oxygen atoms in total. The minimum atomic E-state index is -0.949. The normalized spacial score (nSPS) is 10.4. The number of amides is 1. The van der Waals surface area contributed by atoms with E-state index in [1.807, 2.05) is 13.0 Å². The van der Waals surface area contributed by atoms with Gasteiger partial charge in [-0.3, -0.25) is 4.79 Å². The summed E-state index contributed by atoms with van der Waals surface area (Å²) >= 11 is 4.78. The van der Waals surface area contributed by atoms with Crippen LogP contribution in [-0.4, -0.2) is 23.5 Å². The Morgan fingerprint density at radius 1 is 1.33 bits per heavy atom. The molecule has 0 saturated heterocycles. The van der Waals surface area contributed by atoms with Crippen LogP contribution in [0.2, 0.25) is 0 Å². The predicted molar refractivity (Wildman–Crippen MR) is 86.2 cm³/mol. The zero-order chi connectivity index (χ0) is 15.4. The highest BCUT2D eigenvalue weighted by atomic mass is 79.9. The van der Waals surface area contributed by atoms with Crippen LogP contribution in [0, 0.1) is 6.92 Å². The van der Waals surface area contributed by atoms with Gasteiger partial charge in [-0.15, -0.1) is 11.3 Å². The second kappa shape index (κ2) is 6.87. The third kappa shape index (κ3) is 3.92. The maximum absolute atomic E-state index is 12.0. The maximum atomic E-state index is 12.0. The molecule has 2 aromatic rings. The quantitative estimate of drug-likeness (QED) is 0.849. The van der Waals surface area contributed by atoms with E-state index in [0.717, 1.165) is 9.35 Å². The zero-order valence-electron chi connectivity index (χ0n) is 11.4. The van der Waals surface area contributed by atoms with Gasteiger partial charge in [0.05, 0.1) is 14.2 Å². The first-order valence-corrected chi connectivity index (χ1v) is 7.95. The number of hydrogen-bond acceptors (Lipinski definition) is 3. The summed E-state index contributed by atoms with van der Waals surface area (Å²) in [5.74, 6) is -1.09. The van der Waals surface area contributed by atoms with Gasteiger partial charge >= 0.3 is 5.97 Å². The van der Waals surface area contributed by atoms with Crippen LogP contribution in [0.1, 0.15) is 31.2 Å². The van der Waals surface area contributed by atoms with Crippen LogP contribution in [-0.2, 0) is 6.42 Å². The molecule has 1 amide bonds. The van der Waals surface area contributed by atoms with E-state index in [-0.39, 0.29) is 11.5 Å². The van der Waals surface area contributed by atoms with Crippen LogP contribution in [0.15, 0.2) is 34.1 Å². The average molecular weight is 368 g/mol. The lowest BCUT2D eigenvalue weighted by Crippen LogP contribution is -2.25. The molecule has 0 atom stereocenters. The van der Waals surface area contributed by atoms with E-state index in [9.17, 15) is 9.59 Å². The van der Waals surface area contributed by atoms with Crippen molar-refractivity contribution < 1.29 is 14.7 Å². The molecule has 2 rings (SSSR count). The molecule has 1 aromatic carbocycles. The molecule has 0 saturated carbocycles. The number of thiophene rings is 1. The van der Waals surface area contributed by atoms with Crippen molar-refractivity contribution in [2.45, 2.75) is 13.3 Å². The van der Waals surface area contributed by atoms with E-state index in [2.05, 4.69) is 21.2 Å². The topological polar surface area (TPSA) is 66.4 Å². The standard InChI is InChI=1S/C15H14BrNO3S/c1-9-8-12(21-13(9)16)14(18)17-7-6-10-4-2-3-5-11(10)15(19)20/h2-5,8H,6-7H2,1H3,(H,17,18)(H,19,20). The highest BCUT2D eigenvalue weighted by Crippen LogP contribution is 2.27. The summed E-state index contributed by atoms with van der Waals surface area (Å²) in [6.45, 7) is 2.33. The zero-order valence-corrected chi connectivity index (χ0v) is 13.8. The fourth-order valence-corrected chi connectivity index (χ4v) is 3.37. The third-order valence-electron chi connectivity index (χ3n) is 3.01. The largest absolute Gasteiger partial charge is 0.478 e. The highest BCUT2D eigenvalue weighted by molar-refractivity contribution is 9.11. The number of hydrogen-bond donors (Lipinski definition) is 2. The maximum Gasteiger partial charge on any atom is 0.335 e. The minimum Gasteiger partial charge on any atom is -0.478 e. The second-order valence-electron chi connectivity index (χ2n) is 4.54. The van der Waals surface area contributed by atoms with Gasteiger partial charge in [0, 0.05) is 6.54 Å². The van der Waals surface area contributed by atoms with Gasteiger partial charge in [0.2, 0.25) is 0 Å². The SMILES string of the molecule is Cc1cc(C(=O)NCCc2ccccc2C(=O)O)sc1Br. The summed E-state index contributed by atoms with van der Waals surface area (Å²) in [4.78, 5) is 23.7. The number of benzene rings is 1. The van der Waals surface area contributed by atoms with Crippen molar-refractivity contribution in [3.63, 3.8) is 0 Å². The molecule has 0 fully saturated rings. The molecular weight excluding hydrogens is 354 g/mol. The molecule has 0 spiro atoms. The van der Waals surface area contributed by atoms with E-state index >= 15 is 0 Å². The number of carboxylic acid groups (broad SMARTS) is 1. The lowest BCUT2D eigenvalue weighted by atomic mass is 10.0. The van der Waals surface area contributed by atoms with Crippen LogP contribution in [0.4, 0.5) is 0 Å². The van der Waals surface area contributed by atoms with Gasteiger partial charge in [0.1, 0.15) is 0 Å². The Balaban J connectivity index is 1.96. The molecule has 0 radical (unpaired) electrons.